The standard InChI is InChI=1S/C22H32N4O3/c1-14(2)13-23-22(28)18(7)29-21(27)9-8-19-12-16(5)25(17(19)6)20-10-11-24-26(20)15(3)4/h8-12,14-15,18H,13H2,1-7H3,(H,23,28)/b9-8+/t18-/m1/s1. The lowest BCUT2D eigenvalue weighted by atomic mass is 10.2. The lowest BCUT2D eigenvalue weighted by Crippen LogP contribution is -2.37. The first-order valence-corrected chi connectivity index (χ1v) is 10.0. The summed E-state index contributed by atoms with van der Waals surface area (Å²) >= 11 is 0. The fourth-order valence-electron chi connectivity index (χ4n) is 3.06. The van der Waals surface area contributed by atoms with E-state index in [1.807, 2.05) is 44.5 Å². The minimum atomic E-state index is -0.835. The van der Waals surface area contributed by atoms with Crippen molar-refractivity contribution in [2.75, 3.05) is 6.54 Å². The Bertz CT molecular complexity index is 890. The third kappa shape index (κ3) is 5.59. The van der Waals surface area contributed by atoms with E-state index in [-0.39, 0.29) is 11.9 Å². The highest BCUT2D eigenvalue weighted by Crippen LogP contribution is 2.23. The molecule has 0 saturated heterocycles. The molecule has 0 unspecified atom stereocenters. The Morgan fingerprint density at radius 3 is 2.52 bits per heavy atom. The van der Waals surface area contributed by atoms with Crippen molar-refractivity contribution in [3.8, 4) is 5.82 Å². The molecule has 0 spiro atoms. The van der Waals surface area contributed by atoms with Crippen molar-refractivity contribution in [3.05, 3.63) is 41.4 Å². The zero-order valence-electron chi connectivity index (χ0n) is 18.4. The molecule has 2 aromatic heterocycles. The van der Waals surface area contributed by atoms with Gasteiger partial charge in [0.15, 0.2) is 6.10 Å². The van der Waals surface area contributed by atoms with Crippen LogP contribution in [0.5, 0.6) is 0 Å². The predicted molar refractivity (Wildman–Crippen MR) is 114 cm³/mol. The molecule has 0 aliphatic heterocycles. The summed E-state index contributed by atoms with van der Waals surface area (Å²) in [6.07, 6.45) is 4.03. The molecule has 2 rings (SSSR count). The van der Waals surface area contributed by atoms with Gasteiger partial charge in [0.05, 0.1) is 6.20 Å². The summed E-state index contributed by atoms with van der Waals surface area (Å²) in [5.41, 5.74) is 2.95. The molecular formula is C22H32N4O3. The molecule has 29 heavy (non-hydrogen) atoms. The van der Waals surface area contributed by atoms with Crippen molar-refractivity contribution in [3.63, 3.8) is 0 Å². The Kier molecular flexibility index (Phi) is 7.42. The third-order valence-corrected chi connectivity index (χ3v) is 4.58. The number of aryl methyl sites for hydroxylation is 1. The minimum absolute atomic E-state index is 0.235. The smallest absolute Gasteiger partial charge is 0.331 e. The normalized spacial score (nSPS) is 12.7. The van der Waals surface area contributed by atoms with E-state index in [2.05, 4.69) is 28.8 Å². The summed E-state index contributed by atoms with van der Waals surface area (Å²) in [4.78, 5) is 24.1. The summed E-state index contributed by atoms with van der Waals surface area (Å²) in [7, 11) is 0. The number of ether oxygens (including phenoxy) is 1. The first kappa shape index (κ1) is 22.5. The van der Waals surface area contributed by atoms with Gasteiger partial charge >= 0.3 is 5.97 Å². The zero-order valence-corrected chi connectivity index (χ0v) is 18.4. The first-order valence-electron chi connectivity index (χ1n) is 10.0. The molecule has 0 radical (unpaired) electrons. The number of hydrogen-bond acceptors (Lipinski definition) is 4. The van der Waals surface area contributed by atoms with Gasteiger partial charge in [0, 0.05) is 36.1 Å². The molecular weight excluding hydrogens is 368 g/mol. The van der Waals surface area contributed by atoms with Crippen molar-refractivity contribution < 1.29 is 14.3 Å². The van der Waals surface area contributed by atoms with E-state index >= 15 is 0 Å². The topological polar surface area (TPSA) is 78.2 Å². The van der Waals surface area contributed by atoms with Crippen LogP contribution in [0.2, 0.25) is 0 Å². The monoisotopic (exact) mass is 400 g/mol. The number of nitrogens with zero attached hydrogens (tertiary/aromatic N) is 3. The Balaban J connectivity index is 2.10. The Morgan fingerprint density at radius 2 is 1.90 bits per heavy atom. The maximum atomic E-state index is 12.1. The average molecular weight is 401 g/mol. The molecule has 0 aromatic carbocycles. The molecule has 0 bridgehead atoms. The second kappa shape index (κ2) is 9.58. The van der Waals surface area contributed by atoms with Crippen LogP contribution >= 0.6 is 0 Å². The van der Waals surface area contributed by atoms with Gasteiger partial charge in [-0.05, 0) is 58.2 Å². The van der Waals surface area contributed by atoms with E-state index in [1.165, 1.54) is 6.08 Å². The van der Waals surface area contributed by atoms with Gasteiger partial charge in [-0.25, -0.2) is 9.48 Å². The highest BCUT2D eigenvalue weighted by atomic mass is 16.5. The molecule has 2 aromatic rings. The second-order valence-corrected chi connectivity index (χ2v) is 7.94. The minimum Gasteiger partial charge on any atom is -0.449 e. The van der Waals surface area contributed by atoms with Crippen LogP contribution in [0.4, 0.5) is 0 Å². The molecule has 0 fully saturated rings. The van der Waals surface area contributed by atoms with Crippen molar-refractivity contribution in [2.45, 2.75) is 60.6 Å². The van der Waals surface area contributed by atoms with E-state index in [1.54, 1.807) is 19.2 Å². The molecule has 1 amide bonds. The van der Waals surface area contributed by atoms with Crippen LogP contribution in [0, 0.1) is 19.8 Å². The van der Waals surface area contributed by atoms with Crippen LogP contribution in [0.3, 0.4) is 0 Å². The second-order valence-electron chi connectivity index (χ2n) is 7.94. The van der Waals surface area contributed by atoms with Gasteiger partial charge < -0.3 is 14.6 Å². The van der Waals surface area contributed by atoms with Crippen LogP contribution < -0.4 is 5.32 Å². The highest BCUT2D eigenvalue weighted by Gasteiger charge is 2.17. The molecule has 7 nitrogen and oxygen atoms in total. The molecule has 0 aliphatic carbocycles. The summed E-state index contributed by atoms with van der Waals surface area (Å²) in [5.74, 6) is 0.478. The summed E-state index contributed by atoms with van der Waals surface area (Å²) < 4.78 is 9.28. The molecule has 2 heterocycles. The zero-order chi connectivity index (χ0) is 21.7. The number of hydrogen-bond donors (Lipinski definition) is 1. The Labute approximate surface area is 172 Å². The average Bonchev–Trinajstić information content (AvgIpc) is 3.22. The van der Waals surface area contributed by atoms with Gasteiger partial charge in [-0.2, -0.15) is 5.10 Å². The molecule has 7 heteroatoms. The number of esters is 1. The number of rotatable bonds is 8. The van der Waals surface area contributed by atoms with Gasteiger partial charge in [-0.1, -0.05) is 13.8 Å². The largest absolute Gasteiger partial charge is 0.449 e. The van der Waals surface area contributed by atoms with E-state index in [0.717, 1.165) is 22.8 Å². The van der Waals surface area contributed by atoms with Crippen molar-refractivity contribution in [1.82, 2.24) is 19.7 Å². The quantitative estimate of drug-likeness (QED) is 0.543. The predicted octanol–water partition coefficient (Wildman–Crippen LogP) is 3.59. The van der Waals surface area contributed by atoms with Gasteiger partial charge in [-0.3, -0.25) is 4.79 Å². The van der Waals surface area contributed by atoms with Crippen LogP contribution in [-0.2, 0) is 14.3 Å². The first-order chi connectivity index (χ1) is 13.6. The van der Waals surface area contributed by atoms with Crippen LogP contribution in [0.25, 0.3) is 11.9 Å². The van der Waals surface area contributed by atoms with E-state index < -0.39 is 12.1 Å². The molecule has 1 N–H and O–H groups in total. The maximum Gasteiger partial charge on any atom is 0.331 e. The molecule has 158 valence electrons. The van der Waals surface area contributed by atoms with Gasteiger partial charge in [0.2, 0.25) is 0 Å². The van der Waals surface area contributed by atoms with Crippen molar-refractivity contribution in [2.24, 2.45) is 5.92 Å². The van der Waals surface area contributed by atoms with Gasteiger partial charge in [0.1, 0.15) is 5.82 Å². The maximum absolute atomic E-state index is 12.1. The highest BCUT2D eigenvalue weighted by molar-refractivity contribution is 5.90. The van der Waals surface area contributed by atoms with Crippen molar-refractivity contribution >= 4 is 18.0 Å². The van der Waals surface area contributed by atoms with Gasteiger partial charge in [0.25, 0.3) is 5.91 Å². The Morgan fingerprint density at radius 1 is 1.21 bits per heavy atom. The van der Waals surface area contributed by atoms with Crippen LogP contribution in [-0.4, -0.2) is 38.9 Å². The number of amides is 1. The summed E-state index contributed by atoms with van der Waals surface area (Å²) in [5, 5.41) is 7.16. The fraction of sp³-hybridized carbons (Fsp3) is 0.500. The van der Waals surface area contributed by atoms with E-state index in [9.17, 15) is 9.59 Å². The number of carbonyl (C=O) groups is 2. The van der Waals surface area contributed by atoms with E-state index in [4.69, 9.17) is 4.74 Å². The van der Waals surface area contributed by atoms with Crippen LogP contribution in [0.15, 0.2) is 24.4 Å². The third-order valence-electron chi connectivity index (χ3n) is 4.58. The van der Waals surface area contributed by atoms with Crippen LogP contribution in [0.1, 0.15) is 57.6 Å². The number of carbonyl (C=O) groups excluding carboxylic acids is 2. The summed E-state index contributed by atoms with van der Waals surface area (Å²) in [6.45, 7) is 14.3. The molecule has 0 saturated carbocycles. The molecule has 0 aliphatic rings. The lowest BCUT2D eigenvalue weighted by Gasteiger charge is -2.15. The Hall–Kier alpha value is -2.83. The fourth-order valence-corrected chi connectivity index (χ4v) is 3.06. The number of nitrogens with one attached hydrogen (secondary N) is 1. The SMILES string of the molecule is Cc1cc(/C=C/C(=O)O[C@H](C)C(=O)NCC(C)C)c(C)n1-c1ccnn1C(C)C. The van der Waals surface area contributed by atoms with E-state index in [0.29, 0.717) is 12.5 Å². The molecule has 1 atom stereocenters. The number of aromatic nitrogens is 3. The van der Waals surface area contributed by atoms with Crippen molar-refractivity contribution in [1.29, 1.82) is 0 Å². The summed E-state index contributed by atoms with van der Waals surface area (Å²) in [6, 6.07) is 4.22. The van der Waals surface area contributed by atoms with Gasteiger partial charge in [-0.15, -0.1) is 0 Å². The lowest BCUT2D eigenvalue weighted by molar-refractivity contribution is -0.150.